The lowest BCUT2D eigenvalue weighted by Gasteiger charge is -2.23. The molecule has 0 atom stereocenters. The highest BCUT2D eigenvalue weighted by molar-refractivity contribution is 9.10. The summed E-state index contributed by atoms with van der Waals surface area (Å²) in [5.41, 5.74) is 1.17. The zero-order chi connectivity index (χ0) is 22.5. The van der Waals surface area contributed by atoms with Crippen molar-refractivity contribution < 1.29 is 28.6 Å². The summed E-state index contributed by atoms with van der Waals surface area (Å²) in [5, 5.41) is 2.60. The molecule has 0 unspecified atom stereocenters. The third-order valence-corrected chi connectivity index (χ3v) is 4.72. The summed E-state index contributed by atoms with van der Waals surface area (Å²) in [5.74, 6) is -1.16. The number of hydrogen-bond donors (Lipinski definition) is 1. The molecule has 8 heteroatoms. The summed E-state index contributed by atoms with van der Waals surface area (Å²) in [6.45, 7) is 5.85. The molecule has 1 amide bonds. The van der Waals surface area contributed by atoms with Crippen LogP contribution in [0.25, 0.3) is 0 Å². The van der Waals surface area contributed by atoms with Gasteiger partial charge < -0.3 is 19.5 Å². The van der Waals surface area contributed by atoms with E-state index in [1.165, 1.54) is 32.4 Å². The van der Waals surface area contributed by atoms with E-state index in [0.29, 0.717) is 5.75 Å². The van der Waals surface area contributed by atoms with E-state index in [9.17, 15) is 14.4 Å². The largest absolute Gasteiger partial charge is 0.483 e. The molecule has 0 heterocycles. The van der Waals surface area contributed by atoms with Gasteiger partial charge in [-0.3, -0.25) is 4.79 Å². The van der Waals surface area contributed by atoms with Gasteiger partial charge in [-0.2, -0.15) is 0 Å². The van der Waals surface area contributed by atoms with Gasteiger partial charge in [0.15, 0.2) is 6.61 Å². The third-order valence-electron chi connectivity index (χ3n) is 4.23. The number of esters is 2. The number of halogens is 1. The van der Waals surface area contributed by atoms with Crippen molar-refractivity contribution in [1.29, 1.82) is 0 Å². The first-order valence-electron chi connectivity index (χ1n) is 9.10. The zero-order valence-electron chi connectivity index (χ0n) is 17.5. The topological polar surface area (TPSA) is 90.9 Å². The minimum Gasteiger partial charge on any atom is -0.483 e. The van der Waals surface area contributed by atoms with Crippen molar-refractivity contribution in [1.82, 2.24) is 0 Å². The Morgan fingerprint density at radius 3 is 2.23 bits per heavy atom. The van der Waals surface area contributed by atoms with E-state index < -0.39 is 17.8 Å². The van der Waals surface area contributed by atoms with Crippen molar-refractivity contribution in [3.05, 3.63) is 57.6 Å². The fraction of sp³-hybridized carbons (Fsp3) is 0.318. The molecule has 2 aromatic rings. The molecule has 0 radical (unpaired) electrons. The maximum atomic E-state index is 12.5. The first-order chi connectivity index (χ1) is 14.1. The fourth-order valence-corrected chi connectivity index (χ4v) is 3.09. The van der Waals surface area contributed by atoms with Gasteiger partial charge in [0.25, 0.3) is 5.91 Å². The highest BCUT2D eigenvalue weighted by atomic mass is 79.9. The van der Waals surface area contributed by atoms with Crippen LogP contribution in [0.2, 0.25) is 0 Å². The number of rotatable bonds is 6. The maximum Gasteiger partial charge on any atom is 0.339 e. The first-order valence-corrected chi connectivity index (χ1v) is 9.89. The lowest BCUT2D eigenvalue weighted by molar-refractivity contribution is -0.118. The molecular formula is C22H24BrNO6. The van der Waals surface area contributed by atoms with Crippen LogP contribution >= 0.6 is 15.9 Å². The van der Waals surface area contributed by atoms with Crippen LogP contribution in [0.4, 0.5) is 5.69 Å². The van der Waals surface area contributed by atoms with Gasteiger partial charge in [-0.1, -0.05) is 36.7 Å². The van der Waals surface area contributed by atoms with Crippen molar-refractivity contribution in [2.24, 2.45) is 0 Å². The van der Waals surface area contributed by atoms with Gasteiger partial charge in [0.1, 0.15) is 5.75 Å². The Morgan fingerprint density at radius 1 is 0.967 bits per heavy atom. The van der Waals surface area contributed by atoms with Crippen LogP contribution in [-0.2, 0) is 19.7 Å². The van der Waals surface area contributed by atoms with E-state index in [4.69, 9.17) is 9.47 Å². The normalized spacial score (nSPS) is 10.9. The van der Waals surface area contributed by atoms with Gasteiger partial charge in [0.05, 0.1) is 31.0 Å². The summed E-state index contributed by atoms with van der Waals surface area (Å²) in [6.07, 6.45) is 0. The zero-order valence-corrected chi connectivity index (χ0v) is 19.1. The van der Waals surface area contributed by atoms with Gasteiger partial charge in [0.2, 0.25) is 0 Å². The highest BCUT2D eigenvalue weighted by Crippen LogP contribution is 2.33. The Bertz CT molecular complexity index is 965. The number of amides is 1. The monoisotopic (exact) mass is 477 g/mol. The molecule has 30 heavy (non-hydrogen) atoms. The van der Waals surface area contributed by atoms with E-state index in [1.54, 1.807) is 6.07 Å². The molecule has 0 aromatic heterocycles. The van der Waals surface area contributed by atoms with Crippen molar-refractivity contribution in [2.75, 3.05) is 26.1 Å². The van der Waals surface area contributed by atoms with E-state index in [2.05, 4.69) is 26.0 Å². The average Bonchev–Trinajstić information content (AvgIpc) is 2.70. The molecule has 0 fully saturated rings. The molecule has 2 aromatic carbocycles. The molecule has 160 valence electrons. The van der Waals surface area contributed by atoms with Crippen LogP contribution in [0.5, 0.6) is 5.75 Å². The molecule has 0 aliphatic heterocycles. The first kappa shape index (κ1) is 23.4. The van der Waals surface area contributed by atoms with Crippen molar-refractivity contribution in [3.63, 3.8) is 0 Å². The van der Waals surface area contributed by atoms with Crippen molar-refractivity contribution in [2.45, 2.75) is 26.2 Å². The Balaban J connectivity index is 2.22. The van der Waals surface area contributed by atoms with Crippen LogP contribution < -0.4 is 10.1 Å². The minimum atomic E-state index is -0.648. The molecule has 2 rings (SSSR count). The Morgan fingerprint density at radius 2 is 1.63 bits per heavy atom. The number of benzene rings is 2. The quantitative estimate of drug-likeness (QED) is 0.622. The summed E-state index contributed by atoms with van der Waals surface area (Å²) >= 11 is 3.45. The predicted octanol–water partition coefficient (Wildman–Crippen LogP) is 4.34. The van der Waals surface area contributed by atoms with E-state index in [-0.39, 0.29) is 28.8 Å². The van der Waals surface area contributed by atoms with Crippen LogP contribution in [0.3, 0.4) is 0 Å². The summed E-state index contributed by atoms with van der Waals surface area (Å²) in [4.78, 5) is 36.3. The standard InChI is InChI=1S/C22H24BrNO6/c1-22(2,3)16-11-14(23)7-9-18(16)30-12-19(25)24-17-10-13(20(26)28-4)6-8-15(17)21(27)29-5/h6-11H,12H2,1-5H3,(H,24,25). The lowest BCUT2D eigenvalue weighted by Crippen LogP contribution is -2.23. The maximum absolute atomic E-state index is 12.5. The smallest absolute Gasteiger partial charge is 0.339 e. The number of hydrogen-bond acceptors (Lipinski definition) is 6. The highest BCUT2D eigenvalue weighted by Gasteiger charge is 2.21. The number of nitrogens with one attached hydrogen (secondary N) is 1. The van der Waals surface area contributed by atoms with Gasteiger partial charge in [0, 0.05) is 10.0 Å². The van der Waals surface area contributed by atoms with Gasteiger partial charge in [-0.15, -0.1) is 0 Å². The number of ether oxygens (including phenoxy) is 3. The van der Waals surface area contributed by atoms with Crippen LogP contribution in [-0.4, -0.2) is 38.7 Å². The van der Waals surface area contributed by atoms with Crippen LogP contribution in [0.1, 0.15) is 47.1 Å². The molecule has 7 nitrogen and oxygen atoms in total. The second kappa shape index (κ2) is 9.75. The minimum absolute atomic E-state index is 0.109. The van der Waals surface area contributed by atoms with Crippen molar-refractivity contribution in [3.8, 4) is 5.75 Å². The Labute approximate surface area is 183 Å². The molecule has 0 aliphatic rings. The molecule has 0 bridgehead atoms. The van der Waals surface area contributed by atoms with Crippen molar-refractivity contribution >= 4 is 39.5 Å². The van der Waals surface area contributed by atoms with E-state index >= 15 is 0 Å². The number of carbonyl (C=O) groups excluding carboxylic acids is 3. The average molecular weight is 478 g/mol. The summed E-state index contributed by atoms with van der Waals surface area (Å²) in [7, 11) is 2.47. The number of methoxy groups -OCH3 is 2. The van der Waals surface area contributed by atoms with Crippen LogP contribution in [0.15, 0.2) is 40.9 Å². The lowest BCUT2D eigenvalue weighted by atomic mass is 9.86. The molecular weight excluding hydrogens is 454 g/mol. The number of carbonyl (C=O) groups is 3. The molecule has 0 saturated carbocycles. The number of anilines is 1. The summed E-state index contributed by atoms with van der Waals surface area (Å²) in [6, 6.07) is 9.73. The second-order valence-corrected chi connectivity index (χ2v) is 8.39. The van der Waals surface area contributed by atoms with Gasteiger partial charge in [-0.25, -0.2) is 9.59 Å². The van der Waals surface area contributed by atoms with Gasteiger partial charge in [-0.05, 0) is 41.8 Å². The SMILES string of the molecule is COC(=O)c1ccc(C(=O)OC)c(NC(=O)COc2ccc(Br)cc2C(C)(C)C)c1. The predicted molar refractivity (Wildman–Crippen MR) is 116 cm³/mol. The third kappa shape index (κ3) is 5.82. The molecule has 1 N–H and O–H groups in total. The second-order valence-electron chi connectivity index (χ2n) is 7.47. The van der Waals surface area contributed by atoms with E-state index in [1.807, 2.05) is 32.9 Å². The van der Waals surface area contributed by atoms with Crippen LogP contribution in [0, 0.1) is 0 Å². The van der Waals surface area contributed by atoms with Gasteiger partial charge >= 0.3 is 11.9 Å². The Hall–Kier alpha value is -2.87. The molecule has 0 spiro atoms. The molecule has 0 aliphatic carbocycles. The fourth-order valence-electron chi connectivity index (χ4n) is 2.72. The molecule has 0 saturated heterocycles. The van der Waals surface area contributed by atoms with E-state index in [0.717, 1.165) is 10.0 Å². The Kier molecular flexibility index (Phi) is 7.61. The summed E-state index contributed by atoms with van der Waals surface area (Å²) < 4.78 is 16.1.